The van der Waals surface area contributed by atoms with E-state index in [4.69, 9.17) is 14.5 Å². The van der Waals surface area contributed by atoms with E-state index in [0.29, 0.717) is 0 Å². The molecule has 0 N–H and O–H groups in total. The van der Waals surface area contributed by atoms with Gasteiger partial charge in [0.05, 0.1) is 16.9 Å². The second kappa shape index (κ2) is 8.26. The van der Waals surface area contributed by atoms with Crippen molar-refractivity contribution in [3.05, 3.63) is 103 Å². The maximum atomic E-state index is 6.38. The SMILES string of the molecule is CC1(C)OC(c2cc(-c3ccccc3)cc(-c3cc(-c4ccccc4)ccn3)c2)OC1(C)C. The minimum atomic E-state index is -0.435. The Hall–Kier alpha value is -3.27. The molecule has 166 valence electrons. The first-order valence-corrected chi connectivity index (χ1v) is 11.4. The zero-order chi connectivity index (χ0) is 23.1. The molecule has 3 aromatic carbocycles. The highest BCUT2D eigenvalue weighted by Gasteiger charge is 2.49. The summed E-state index contributed by atoms with van der Waals surface area (Å²) < 4.78 is 12.8. The molecule has 0 unspecified atom stereocenters. The van der Waals surface area contributed by atoms with Crippen LogP contribution in [0.4, 0.5) is 0 Å². The summed E-state index contributed by atoms with van der Waals surface area (Å²) in [6, 6.07) is 31.5. The number of aromatic nitrogens is 1. The van der Waals surface area contributed by atoms with Crippen LogP contribution in [0.25, 0.3) is 33.5 Å². The first kappa shape index (κ1) is 21.6. The lowest BCUT2D eigenvalue weighted by atomic mass is 9.90. The van der Waals surface area contributed by atoms with Crippen molar-refractivity contribution in [3.8, 4) is 33.5 Å². The standard InChI is InChI=1S/C30H29NO2/c1-29(2)30(3,4)33-28(32-29)26-18-24(22-13-9-6-10-14-22)17-25(19-26)27-20-23(15-16-31-27)21-11-7-5-8-12-21/h5-20,28H,1-4H3. The minimum absolute atomic E-state index is 0.397. The Labute approximate surface area is 196 Å². The molecule has 0 spiro atoms. The molecule has 5 rings (SSSR count). The van der Waals surface area contributed by atoms with Crippen LogP contribution in [0.5, 0.6) is 0 Å². The molecule has 0 aliphatic carbocycles. The minimum Gasteiger partial charge on any atom is -0.339 e. The van der Waals surface area contributed by atoms with Crippen LogP contribution < -0.4 is 0 Å². The van der Waals surface area contributed by atoms with Gasteiger partial charge in [-0.2, -0.15) is 0 Å². The molecule has 0 saturated carbocycles. The van der Waals surface area contributed by atoms with E-state index in [1.54, 1.807) is 0 Å². The normalized spacial score (nSPS) is 17.2. The number of pyridine rings is 1. The van der Waals surface area contributed by atoms with Gasteiger partial charge in [0.15, 0.2) is 6.29 Å². The van der Waals surface area contributed by atoms with Crippen LogP contribution in [0.15, 0.2) is 97.2 Å². The smallest absolute Gasteiger partial charge is 0.185 e. The molecular weight excluding hydrogens is 406 g/mol. The summed E-state index contributed by atoms with van der Waals surface area (Å²) in [4.78, 5) is 4.71. The maximum Gasteiger partial charge on any atom is 0.185 e. The molecule has 0 amide bonds. The first-order chi connectivity index (χ1) is 15.8. The number of ether oxygens (including phenoxy) is 2. The molecule has 3 heteroatoms. The van der Waals surface area contributed by atoms with Crippen LogP contribution in [0.3, 0.4) is 0 Å². The number of nitrogens with zero attached hydrogens (tertiary/aromatic N) is 1. The quantitative estimate of drug-likeness (QED) is 0.329. The molecular formula is C30H29NO2. The third kappa shape index (κ3) is 4.22. The lowest BCUT2D eigenvalue weighted by Gasteiger charge is -2.30. The zero-order valence-corrected chi connectivity index (χ0v) is 19.6. The lowest BCUT2D eigenvalue weighted by Crippen LogP contribution is -2.41. The Morgan fingerprint density at radius 1 is 0.576 bits per heavy atom. The second-order valence-corrected chi connectivity index (χ2v) is 9.59. The van der Waals surface area contributed by atoms with Crippen LogP contribution >= 0.6 is 0 Å². The van der Waals surface area contributed by atoms with Crippen molar-refractivity contribution in [1.29, 1.82) is 0 Å². The van der Waals surface area contributed by atoms with Crippen molar-refractivity contribution in [3.63, 3.8) is 0 Å². The summed E-state index contributed by atoms with van der Waals surface area (Å²) in [5, 5.41) is 0. The highest BCUT2D eigenvalue weighted by Crippen LogP contribution is 2.46. The lowest BCUT2D eigenvalue weighted by molar-refractivity contribution is -0.0895. The number of hydrogen-bond donors (Lipinski definition) is 0. The molecule has 1 saturated heterocycles. The van der Waals surface area contributed by atoms with Crippen molar-refractivity contribution in [1.82, 2.24) is 4.98 Å². The maximum absolute atomic E-state index is 6.38. The van der Waals surface area contributed by atoms with Crippen molar-refractivity contribution in [2.45, 2.75) is 45.2 Å². The Kier molecular flexibility index (Phi) is 5.40. The molecule has 1 aromatic heterocycles. The van der Waals surface area contributed by atoms with E-state index in [1.807, 2.05) is 18.3 Å². The van der Waals surface area contributed by atoms with Gasteiger partial charge in [0.2, 0.25) is 0 Å². The molecule has 33 heavy (non-hydrogen) atoms. The molecule has 3 nitrogen and oxygen atoms in total. The van der Waals surface area contributed by atoms with Crippen LogP contribution in [0.2, 0.25) is 0 Å². The van der Waals surface area contributed by atoms with Gasteiger partial charge in [-0.05, 0) is 80.3 Å². The van der Waals surface area contributed by atoms with Crippen LogP contribution in [-0.4, -0.2) is 16.2 Å². The summed E-state index contributed by atoms with van der Waals surface area (Å²) in [5.41, 5.74) is 6.75. The van der Waals surface area contributed by atoms with E-state index >= 15 is 0 Å². The Bertz CT molecular complexity index is 1250. The summed E-state index contributed by atoms with van der Waals surface area (Å²) in [7, 11) is 0. The largest absolute Gasteiger partial charge is 0.339 e. The zero-order valence-electron chi connectivity index (χ0n) is 19.6. The predicted octanol–water partition coefficient (Wildman–Crippen LogP) is 7.69. The van der Waals surface area contributed by atoms with Crippen LogP contribution in [0.1, 0.15) is 39.5 Å². The molecule has 0 radical (unpaired) electrons. The van der Waals surface area contributed by atoms with Gasteiger partial charge in [0, 0.05) is 17.3 Å². The van der Waals surface area contributed by atoms with Crippen molar-refractivity contribution >= 4 is 0 Å². The summed E-state index contributed by atoms with van der Waals surface area (Å²) in [6.07, 6.45) is 1.44. The van der Waals surface area contributed by atoms with Crippen molar-refractivity contribution in [2.24, 2.45) is 0 Å². The Balaban J connectivity index is 1.62. The summed E-state index contributed by atoms with van der Waals surface area (Å²) in [6.45, 7) is 8.33. The molecule has 1 aliphatic rings. The highest BCUT2D eigenvalue weighted by atomic mass is 16.7. The average molecular weight is 436 g/mol. The van der Waals surface area contributed by atoms with Gasteiger partial charge in [0.1, 0.15) is 0 Å². The Morgan fingerprint density at radius 3 is 1.73 bits per heavy atom. The van der Waals surface area contributed by atoms with Crippen LogP contribution in [-0.2, 0) is 9.47 Å². The molecule has 2 heterocycles. The van der Waals surface area contributed by atoms with Gasteiger partial charge in [-0.3, -0.25) is 4.98 Å². The molecule has 4 aromatic rings. The third-order valence-electron chi connectivity index (χ3n) is 6.75. The molecule has 1 aliphatic heterocycles. The number of rotatable bonds is 4. The van der Waals surface area contributed by atoms with Gasteiger partial charge in [-0.15, -0.1) is 0 Å². The van der Waals surface area contributed by atoms with Gasteiger partial charge >= 0.3 is 0 Å². The van der Waals surface area contributed by atoms with Crippen LogP contribution in [0, 0.1) is 0 Å². The number of benzene rings is 3. The monoisotopic (exact) mass is 435 g/mol. The average Bonchev–Trinajstić information content (AvgIpc) is 3.07. The van der Waals surface area contributed by atoms with E-state index in [9.17, 15) is 0 Å². The van der Waals surface area contributed by atoms with E-state index in [2.05, 4.69) is 107 Å². The third-order valence-corrected chi connectivity index (χ3v) is 6.75. The highest BCUT2D eigenvalue weighted by molar-refractivity contribution is 5.75. The van der Waals surface area contributed by atoms with Gasteiger partial charge in [-0.1, -0.05) is 60.7 Å². The van der Waals surface area contributed by atoms with Gasteiger partial charge < -0.3 is 9.47 Å². The van der Waals surface area contributed by atoms with E-state index in [-0.39, 0.29) is 0 Å². The van der Waals surface area contributed by atoms with E-state index in [0.717, 1.165) is 33.5 Å². The van der Waals surface area contributed by atoms with E-state index < -0.39 is 17.5 Å². The fourth-order valence-corrected chi connectivity index (χ4v) is 4.11. The molecule has 0 bridgehead atoms. The van der Waals surface area contributed by atoms with Crippen molar-refractivity contribution < 1.29 is 9.47 Å². The first-order valence-electron chi connectivity index (χ1n) is 11.4. The predicted molar refractivity (Wildman–Crippen MR) is 134 cm³/mol. The van der Waals surface area contributed by atoms with Gasteiger partial charge in [0.25, 0.3) is 0 Å². The summed E-state index contributed by atoms with van der Waals surface area (Å²) in [5.74, 6) is 0. The summed E-state index contributed by atoms with van der Waals surface area (Å²) >= 11 is 0. The molecule has 0 atom stereocenters. The fourth-order valence-electron chi connectivity index (χ4n) is 4.11. The van der Waals surface area contributed by atoms with Crippen molar-refractivity contribution in [2.75, 3.05) is 0 Å². The fraction of sp³-hybridized carbons (Fsp3) is 0.233. The second-order valence-electron chi connectivity index (χ2n) is 9.59. The Morgan fingerprint density at radius 2 is 1.12 bits per heavy atom. The number of hydrogen-bond acceptors (Lipinski definition) is 3. The molecule has 1 fully saturated rings. The van der Waals surface area contributed by atoms with E-state index in [1.165, 1.54) is 5.56 Å². The van der Waals surface area contributed by atoms with Gasteiger partial charge in [-0.25, -0.2) is 0 Å². The topological polar surface area (TPSA) is 31.4 Å².